The van der Waals surface area contributed by atoms with Crippen molar-refractivity contribution in [2.75, 3.05) is 13.6 Å². The van der Waals surface area contributed by atoms with Gasteiger partial charge < -0.3 is 10.6 Å². The Morgan fingerprint density at radius 3 is 2.81 bits per heavy atom. The molecule has 1 saturated carbocycles. The first-order valence-corrected chi connectivity index (χ1v) is 8.29. The molecule has 2 atom stereocenters. The summed E-state index contributed by atoms with van der Waals surface area (Å²) in [5.41, 5.74) is 1.42. The Morgan fingerprint density at radius 2 is 2.10 bits per heavy atom. The van der Waals surface area contributed by atoms with Gasteiger partial charge in [-0.05, 0) is 29.9 Å². The van der Waals surface area contributed by atoms with Gasteiger partial charge in [0.15, 0.2) is 5.96 Å². The zero-order valence-corrected chi connectivity index (χ0v) is 13.1. The van der Waals surface area contributed by atoms with Crippen LogP contribution in [0.25, 0.3) is 0 Å². The molecule has 0 saturated heterocycles. The second kappa shape index (κ2) is 6.76. The minimum Gasteiger partial charge on any atom is -0.356 e. The number of guanidine groups is 1. The molecule has 2 unspecified atom stereocenters. The lowest BCUT2D eigenvalue weighted by Gasteiger charge is -2.11. The molecule has 2 N–H and O–H groups in total. The van der Waals surface area contributed by atoms with Crippen molar-refractivity contribution in [1.29, 1.82) is 0 Å². The van der Waals surface area contributed by atoms with Crippen molar-refractivity contribution in [2.45, 2.75) is 24.8 Å². The summed E-state index contributed by atoms with van der Waals surface area (Å²) in [6.45, 7) is 0.920. The molecular weight excluding hydrogens is 278 g/mol. The Labute approximate surface area is 130 Å². The molecule has 0 amide bonds. The van der Waals surface area contributed by atoms with Crippen molar-refractivity contribution in [3.05, 3.63) is 58.3 Å². The number of aliphatic imine (C=N–C) groups is 1. The smallest absolute Gasteiger partial charge is 0.191 e. The van der Waals surface area contributed by atoms with Crippen LogP contribution in [0.2, 0.25) is 0 Å². The number of nitrogens with one attached hydrogen (secondary N) is 2. The molecule has 1 heterocycles. The summed E-state index contributed by atoms with van der Waals surface area (Å²) in [5, 5.41) is 9.03. The van der Waals surface area contributed by atoms with Gasteiger partial charge in [-0.15, -0.1) is 11.3 Å². The number of thiophene rings is 1. The highest BCUT2D eigenvalue weighted by Crippen LogP contribution is 2.40. The lowest BCUT2D eigenvalue weighted by Crippen LogP contribution is -2.39. The third kappa shape index (κ3) is 3.85. The second-order valence-electron chi connectivity index (χ2n) is 5.33. The van der Waals surface area contributed by atoms with E-state index in [1.807, 2.05) is 7.05 Å². The Balaban J connectivity index is 1.44. The standard InChI is InChI=1S/C17H21N3S/c1-18-17(19-10-9-14-8-5-11-21-14)20-16-12-15(16)13-6-3-2-4-7-13/h2-8,11,15-16H,9-10,12H2,1H3,(H2,18,19,20). The summed E-state index contributed by atoms with van der Waals surface area (Å²) in [4.78, 5) is 5.72. The molecule has 4 heteroatoms. The van der Waals surface area contributed by atoms with Crippen LogP contribution >= 0.6 is 11.3 Å². The van der Waals surface area contributed by atoms with Gasteiger partial charge in [0, 0.05) is 30.4 Å². The quantitative estimate of drug-likeness (QED) is 0.658. The summed E-state index contributed by atoms with van der Waals surface area (Å²) in [5.74, 6) is 1.54. The normalized spacial score (nSPS) is 21.1. The van der Waals surface area contributed by atoms with Gasteiger partial charge >= 0.3 is 0 Å². The van der Waals surface area contributed by atoms with Crippen molar-refractivity contribution < 1.29 is 0 Å². The van der Waals surface area contributed by atoms with Crippen LogP contribution in [-0.2, 0) is 6.42 Å². The molecule has 1 aromatic carbocycles. The van der Waals surface area contributed by atoms with Crippen LogP contribution in [0.1, 0.15) is 22.8 Å². The third-order valence-corrected chi connectivity index (χ3v) is 4.74. The van der Waals surface area contributed by atoms with Gasteiger partial charge in [0.05, 0.1) is 0 Å². The molecule has 3 nitrogen and oxygen atoms in total. The van der Waals surface area contributed by atoms with E-state index < -0.39 is 0 Å². The first kappa shape index (κ1) is 14.1. The molecule has 0 aliphatic heterocycles. The fraction of sp³-hybridized carbons (Fsp3) is 0.353. The zero-order chi connectivity index (χ0) is 14.5. The molecule has 0 spiro atoms. The molecule has 1 aliphatic rings. The molecule has 1 aromatic heterocycles. The monoisotopic (exact) mass is 299 g/mol. The Morgan fingerprint density at radius 1 is 1.24 bits per heavy atom. The molecule has 0 radical (unpaired) electrons. The summed E-state index contributed by atoms with van der Waals surface area (Å²) < 4.78 is 0. The van der Waals surface area contributed by atoms with Crippen molar-refractivity contribution >= 4 is 17.3 Å². The average Bonchev–Trinajstić information content (AvgIpc) is 3.10. The van der Waals surface area contributed by atoms with E-state index in [1.54, 1.807) is 11.3 Å². The minimum atomic E-state index is 0.514. The zero-order valence-electron chi connectivity index (χ0n) is 12.3. The highest BCUT2D eigenvalue weighted by Gasteiger charge is 2.38. The van der Waals surface area contributed by atoms with E-state index in [9.17, 15) is 0 Å². The Kier molecular flexibility index (Phi) is 4.55. The van der Waals surface area contributed by atoms with E-state index in [-0.39, 0.29) is 0 Å². The second-order valence-corrected chi connectivity index (χ2v) is 6.36. The van der Waals surface area contributed by atoms with Gasteiger partial charge in [0.2, 0.25) is 0 Å². The van der Waals surface area contributed by atoms with Gasteiger partial charge in [-0.25, -0.2) is 0 Å². The number of nitrogens with zero attached hydrogens (tertiary/aromatic N) is 1. The molecule has 0 bridgehead atoms. The van der Waals surface area contributed by atoms with Crippen LogP contribution in [0.15, 0.2) is 52.8 Å². The van der Waals surface area contributed by atoms with Crippen LogP contribution in [0, 0.1) is 0 Å². The van der Waals surface area contributed by atoms with E-state index in [0.717, 1.165) is 18.9 Å². The highest BCUT2D eigenvalue weighted by atomic mass is 32.1. The van der Waals surface area contributed by atoms with E-state index in [0.29, 0.717) is 12.0 Å². The van der Waals surface area contributed by atoms with Gasteiger partial charge in [0.25, 0.3) is 0 Å². The molecule has 110 valence electrons. The van der Waals surface area contributed by atoms with Crippen molar-refractivity contribution in [1.82, 2.24) is 10.6 Å². The van der Waals surface area contributed by atoms with E-state index in [1.165, 1.54) is 16.9 Å². The van der Waals surface area contributed by atoms with Gasteiger partial charge in [0.1, 0.15) is 0 Å². The molecule has 21 heavy (non-hydrogen) atoms. The lowest BCUT2D eigenvalue weighted by atomic mass is 10.1. The molecule has 2 aromatic rings. The van der Waals surface area contributed by atoms with Crippen LogP contribution in [0.4, 0.5) is 0 Å². The van der Waals surface area contributed by atoms with Crippen molar-refractivity contribution in [3.8, 4) is 0 Å². The number of hydrogen-bond donors (Lipinski definition) is 2. The van der Waals surface area contributed by atoms with Gasteiger partial charge in [-0.1, -0.05) is 36.4 Å². The van der Waals surface area contributed by atoms with Crippen LogP contribution in [0.5, 0.6) is 0 Å². The summed E-state index contributed by atoms with van der Waals surface area (Å²) in [6, 6.07) is 15.5. The highest BCUT2D eigenvalue weighted by molar-refractivity contribution is 7.09. The van der Waals surface area contributed by atoms with Gasteiger partial charge in [-0.2, -0.15) is 0 Å². The van der Waals surface area contributed by atoms with Crippen LogP contribution in [-0.4, -0.2) is 25.6 Å². The minimum absolute atomic E-state index is 0.514. The van der Waals surface area contributed by atoms with Crippen molar-refractivity contribution in [3.63, 3.8) is 0 Å². The number of hydrogen-bond acceptors (Lipinski definition) is 2. The maximum Gasteiger partial charge on any atom is 0.191 e. The maximum absolute atomic E-state index is 4.31. The largest absolute Gasteiger partial charge is 0.356 e. The fourth-order valence-corrected chi connectivity index (χ4v) is 3.26. The fourth-order valence-electron chi connectivity index (χ4n) is 2.55. The van der Waals surface area contributed by atoms with E-state index >= 15 is 0 Å². The summed E-state index contributed by atoms with van der Waals surface area (Å²) in [7, 11) is 1.83. The first-order valence-electron chi connectivity index (χ1n) is 7.41. The summed E-state index contributed by atoms with van der Waals surface area (Å²) >= 11 is 1.81. The molecule has 3 rings (SSSR count). The Bertz CT molecular complexity index is 577. The molecule has 1 aliphatic carbocycles. The topological polar surface area (TPSA) is 36.4 Å². The van der Waals surface area contributed by atoms with Crippen molar-refractivity contribution in [2.24, 2.45) is 4.99 Å². The predicted octanol–water partition coefficient (Wildman–Crippen LogP) is 3.01. The molecular formula is C17H21N3S. The average molecular weight is 299 g/mol. The van der Waals surface area contributed by atoms with Crippen LogP contribution < -0.4 is 10.6 Å². The Hall–Kier alpha value is -1.81. The number of rotatable bonds is 5. The SMILES string of the molecule is CN=C(NCCc1cccs1)NC1CC1c1ccccc1. The third-order valence-electron chi connectivity index (χ3n) is 3.81. The number of benzene rings is 1. The molecule has 1 fully saturated rings. The maximum atomic E-state index is 4.31. The predicted molar refractivity (Wildman–Crippen MR) is 90.1 cm³/mol. The van der Waals surface area contributed by atoms with E-state index in [2.05, 4.69) is 63.5 Å². The van der Waals surface area contributed by atoms with Gasteiger partial charge in [-0.3, -0.25) is 4.99 Å². The van der Waals surface area contributed by atoms with Crippen LogP contribution in [0.3, 0.4) is 0 Å². The summed E-state index contributed by atoms with van der Waals surface area (Å²) in [6.07, 6.45) is 2.24. The lowest BCUT2D eigenvalue weighted by molar-refractivity contribution is 0.783. The first-order chi connectivity index (χ1) is 10.4. The van der Waals surface area contributed by atoms with E-state index in [4.69, 9.17) is 0 Å².